The molecule has 0 saturated carbocycles. The quantitative estimate of drug-likeness (QED) is 0.539. The Morgan fingerprint density at radius 2 is 1.71 bits per heavy atom. The summed E-state index contributed by atoms with van der Waals surface area (Å²) in [5.41, 5.74) is 0. The summed E-state index contributed by atoms with van der Waals surface area (Å²) < 4.78 is 42.7. The smallest absolute Gasteiger partial charge is 0.368 e. The normalized spacial score (nSPS) is 13.5. The highest BCUT2D eigenvalue weighted by atomic mass is 32.2. The van der Waals surface area contributed by atoms with Crippen molar-refractivity contribution >= 4 is 16.0 Å². The molecule has 0 aromatic carbocycles. The van der Waals surface area contributed by atoms with Gasteiger partial charge in [0, 0.05) is 13.1 Å². The third kappa shape index (κ3) is 3.78. The van der Waals surface area contributed by atoms with E-state index in [9.17, 15) is 17.6 Å². The van der Waals surface area contributed by atoms with Crippen molar-refractivity contribution in [3.05, 3.63) is 10.7 Å². The molecule has 7 heteroatoms. The maximum atomic E-state index is 13.5. The zero-order valence-electron chi connectivity index (χ0n) is 10.5. The SMILES string of the molecule is CCOC(=O)/C(F)=C(\C)S(=O)(=O)N(CC)CC. The molecule has 0 aliphatic heterocycles. The topological polar surface area (TPSA) is 63.7 Å². The van der Waals surface area contributed by atoms with E-state index in [1.807, 2.05) is 0 Å². The minimum absolute atomic E-state index is 0.00908. The predicted molar refractivity (Wildman–Crippen MR) is 62.3 cm³/mol. The minimum atomic E-state index is -3.93. The van der Waals surface area contributed by atoms with Gasteiger partial charge >= 0.3 is 5.97 Å². The number of carbonyl (C=O) groups excluding carboxylic acids is 1. The van der Waals surface area contributed by atoms with E-state index in [-0.39, 0.29) is 19.7 Å². The molecule has 0 heterocycles. The lowest BCUT2D eigenvalue weighted by molar-refractivity contribution is -0.140. The molecule has 0 N–H and O–H groups in total. The van der Waals surface area contributed by atoms with Crippen LogP contribution in [0.15, 0.2) is 10.7 Å². The number of ether oxygens (including phenoxy) is 1. The number of esters is 1. The van der Waals surface area contributed by atoms with Gasteiger partial charge in [0.1, 0.15) is 0 Å². The summed E-state index contributed by atoms with van der Waals surface area (Å²) in [5, 5.41) is 0. The first-order chi connectivity index (χ1) is 7.82. The predicted octanol–water partition coefficient (Wildman–Crippen LogP) is 1.42. The first-order valence-electron chi connectivity index (χ1n) is 5.36. The maximum Gasteiger partial charge on any atom is 0.368 e. The molecular weight excluding hydrogens is 249 g/mol. The van der Waals surface area contributed by atoms with E-state index in [0.29, 0.717) is 0 Å². The number of hydrogen-bond donors (Lipinski definition) is 0. The summed E-state index contributed by atoms with van der Waals surface area (Å²) in [4.78, 5) is 10.5. The van der Waals surface area contributed by atoms with Gasteiger partial charge in [-0.15, -0.1) is 0 Å². The average molecular weight is 267 g/mol. The lowest BCUT2D eigenvalue weighted by Gasteiger charge is -2.18. The molecule has 0 spiro atoms. The van der Waals surface area contributed by atoms with Crippen LogP contribution in [-0.2, 0) is 19.6 Å². The molecule has 0 aromatic rings. The van der Waals surface area contributed by atoms with Crippen molar-refractivity contribution < 1.29 is 22.3 Å². The average Bonchev–Trinajstić information content (AvgIpc) is 2.28. The van der Waals surface area contributed by atoms with Gasteiger partial charge in [0.25, 0.3) is 0 Å². The molecule has 0 aromatic heterocycles. The summed E-state index contributed by atoms with van der Waals surface area (Å²) in [5.74, 6) is -2.61. The second-order valence-electron chi connectivity index (χ2n) is 3.18. The molecule has 0 saturated heterocycles. The van der Waals surface area contributed by atoms with E-state index < -0.39 is 26.7 Å². The van der Waals surface area contributed by atoms with Crippen LogP contribution < -0.4 is 0 Å². The zero-order valence-corrected chi connectivity index (χ0v) is 11.3. The Morgan fingerprint density at radius 1 is 1.24 bits per heavy atom. The van der Waals surface area contributed by atoms with Gasteiger partial charge in [0.2, 0.25) is 15.9 Å². The summed E-state index contributed by atoms with van der Waals surface area (Å²) >= 11 is 0. The van der Waals surface area contributed by atoms with E-state index in [1.165, 1.54) is 6.92 Å². The van der Waals surface area contributed by atoms with E-state index in [1.54, 1.807) is 13.8 Å². The molecular formula is C10H18FNO4S. The van der Waals surface area contributed by atoms with Crippen molar-refractivity contribution in [3.8, 4) is 0 Å². The number of sulfonamides is 1. The largest absolute Gasteiger partial charge is 0.461 e. The van der Waals surface area contributed by atoms with Crippen LogP contribution in [0.2, 0.25) is 0 Å². The van der Waals surface area contributed by atoms with Crippen LogP contribution >= 0.6 is 0 Å². The maximum absolute atomic E-state index is 13.5. The second-order valence-corrected chi connectivity index (χ2v) is 5.26. The fourth-order valence-corrected chi connectivity index (χ4v) is 2.59. The summed E-state index contributed by atoms with van der Waals surface area (Å²) in [6.45, 7) is 6.26. The van der Waals surface area contributed by atoms with Crippen molar-refractivity contribution in [2.24, 2.45) is 0 Å². The van der Waals surface area contributed by atoms with Crippen molar-refractivity contribution in [1.82, 2.24) is 4.31 Å². The Morgan fingerprint density at radius 3 is 2.06 bits per heavy atom. The van der Waals surface area contributed by atoms with Gasteiger partial charge < -0.3 is 4.74 Å². The van der Waals surface area contributed by atoms with Gasteiger partial charge in [-0.2, -0.15) is 8.70 Å². The van der Waals surface area contributed by atoms with Gasteiger partial charge in [0.15, 0.2) is 0 Å². The number of allylic oxidation sites excluding steroid dienone is 1. The summed E-state index contributed by atoms with van der Waals surface area (Å²) in [6.07, 6.45) is 0. The molecule has 0 aliphatic carbocycles. The monoisotopic (exact) mass is 267 g/mol. The van der Waals surface area contributed by atoms with Gasteiger partial charge in [-0.1, -0.05) is 13.8 Å². The molecule has 5 nitrogen and oxygen atoms in total. The highest BCUT2D eigenvalue weighted by molar-refractivity contribution is 7.93. The molecule has 0 atom stereocenters. The van der Waals surface area contributed by atoms with Crippen molar-refractivity contribution in [3.63, 3.8) is 0 Å². The lowest BCUT2D eigenvalue weighted by atomic mass is 10.5. The Kier molecular flexibility index (Phi) is 6.33. The van der Waals surface area contributed by atoms with Crippen LogP contribution in [0.3, 0.4) is 0 Å². The number of carbonyl (C=O) groups is 1. The van der Waals surface area contributed by atoms with Crippen LogP contribution in [-0.4, -0.2) is 38.4 Å². The van der Waals surface area contributed by atoms with Crippen LogP contribution in [0.1, 0.15) is 27.7 Å². The first kappa shape index (κ1) is 16.1. The van der Waals surface area contributed by atoms with Crippen molar-refractivity contribution in [2.75, 3.05) is 19.7 Å². The molecule has 0 fully saturated rings. The Bertz CT molecular complexity index is 399. The Labute approximate surface area is 101 Å². The number of rotatable bonds is 6. The molecule has 0 aliphatic rings. The number of halogens is 1. The Balaban J connectivity index is 5.33. The van der Waals surface area contributed by atoms with Crippen molar-refractivity contribution in [2.45, 2.75) is 27.7 Å². The fourth-order valence-electron chi connectivity index (χ4n) is 1.21. The van der Waals surface area contributed by atoms with E-state index in [4.69, 9.17) is 0 Å². The summed E-state index contributed by atoms with van der Waals surface area (Å²) in [7, 11) is -3.93. The standard InChI is InChI=1S/C10H18FNO4S/c1-5-12(6-2)17(14,15)8(4)9(11)10(13)16-7-3/h5-7H2,1-4H3/b9-8-. The molecule has 0 radical (unpaired) electrons. The third-order valence-corrected chi connectivity index (χ3v) is 4.35. The van der Waals surface area contributed by atoms with Crippen molar-refractivity contribution in [1.29, 1.82) is 0 Å². The first-order valence-corrected chi connectivity index (χ1v) is 6.80. The number of hydrogen-bond acceptors (Lipinski definition) is 4. The molecule has 0 unspecified atom stereocenters. The van der Waals surface area contributed by atoms with Crippen LogP contribution in [0, 0.1) is 0 Å². The van der Waals surface area contributed by atoms with Gasteiger partial charge in [-0.3, -0.25) is 0 Å². The van der Waals surface area contributed by atoms with Crippen LogP contribution in [0.25, 0.3) is 0 Å². The molecule has 0 amide bonds. The second kappa shape index (κ2) is 6.70. The van der Waals surface area contributed by atoms with Gasteiger partial charge in [0.05, 0.1) is 11.5 Å². The summed E-state index contributed by atoms with van der Waals surface area (Å²) in [6, 6.07) is 0. The molecule has 0 bridgehead atoms. The van der Waals surface area contributed by atoms with E-state index in [2.05, 4.69) is 4.74 Å². The fraction of sp³-hybridized carbons (Fsp3) is 0.700. The van der Waals surface area contributed by atoms with E-state index >= 15 is 0 Å². The molecule has 100 valence electrons. The zero-order chi connectivity index (χ0) is 13.6. The molecule has 17 heavy (non-hydrogen) atoms. The van der Waals surface area contributed by atoms with Gasteiger partial charge in [-0.25, -0.2) is 13.2 Å². The van der Waals surface area contributed by atoms with Crippen LogP contribution in [0.4, 0.5) is 4.39 Å². The lowest BCUT2D eigenvalue weighted by Crippen LogP contribution is -2.31. The third-order valence-electron chi connectivity index (χ3n) is 2.20. The highest BCUT2D eigenvalue weighted by Crippen LogP contribution is 2.18. The minimum Gasteiger partial charge on any atom is -0.461 e. The molecule has 0 rings (SSSR count). The Hall–Kier alpha value is -0.950. The highest BCUT2D eigenvalue weighted by Gasteiger charge is 2.27. The van der Waals surface area contributed by atoms with E-state index in [0.717, 1.165) is 11.2 Å². The number of nitrogens with zero attached hydrogens (tertiary/aromatic N) is 1. The van der Waals surface area contributed by atoms with Crippen LogP contribution in [0.5, 0.6) is 0 Å². The van der Waals surface area contributed by atoms with Gasteiger partial charge in [-0.05, 0) is 13.8 Å².